The average molecular weight is 531 g/mol. The first-order chi connectivity index (χ1) is 19.0. The Balaban J connectivity index is 1.26. The molecular weight excluding hydrogens is 495 g/mol. The van der Waals surface area contributed by atoms with Crippen LogP contribution in [0, 0.1) is 0 Å². The molecule has 39 heavy (non-hydrogen) atoms. The van der Waals surface area contributed by atoms with Crippen LogP contribution in [0.25, 0.3) is 0 Å². The van der Waals surface area contributed by atoms with E-state index in [1.165, 1.54) is 0 Å². The van der Waals surface area contributed by atoms with Gasteiger partial charge in [0.05, 0.1) is 19.8 Å². The molecule has 204 valence electrons. The van der Waals surface area contributed by atoms with Crippen molar-refractivity contribution in [3.05, 3.63) is 96.1 Å². The quantitative estimate of drug-likeness (QED) is 0.303. The highest BCUT2D eigenvalue weighted by Gasteiger charge is 2.51. The zero-order valence-electron chi connectivity index (χ0n) is 22.2. The number of alkyl halides is 1. The molecule has 2 atom stereocenters. The number of rotatable bonds is 10. The monoisotopic (exact) mass is 530 g/mol. The first-order valence-electron chi connectivity index (χ1n) is 13.4. The van der Waals surface area contributed by atoms with E-state index in [-0.39, 0.29) is 18.1 Å². The van der Waals surface area contributed by atoms with Crippen LogP contribution in [0.15, 0.2) is 84.9 Å². The molecule has 0 bridgehead atoms. The number of piperidine rings is 1. The Morgan fingerprint density at radius 2 is 1.64 bits per heavy atom. The number of nitrogens with one attached hydrogen (secondary N) is 2. The van der Waals surface area contributed by atoms with Crippen molar-refractivity contribution in [1.82, 2.24) is 15.5 Å². The number of para-hydroxylation sites is 1. The number of hydrogen-bond donors (Lipinski definition) is 2. The molecule has 0 saturated carbocycles. The van der Waals surface area contributed by atoms with E-state index < -0.39 is 17.9 Å². The molecule has 2 saturated heterocycles. The molecule has 1 spiro atoms. The number of carbonyl (C=O) groups excluding carboxylic acids is 2. The molecule has 5 rings (SSSR count). The Morgan fingerprint density at radius 1 is 1.00 bits per heavy atom. The van der Waals surface area contributed by atoms with Crippen molar-refractivity contribution in [3.8, 4) is 5.75 Å². The third kappa shape index (κ3) is 5.82. The van der Waals surface area contributed by atoms with Crippen LogP contribution in [-0.2, 0) is 11.3 Å². The molecule has 3 aromatic carbocycles. The van der Waals surface area contributed by atoms with Gasteiger partial charge < -0.3 is 20.3 Å². The summed E-state index contributed by atoms with van der Waals surface area (Å²) in [6.07, 6.45) is -0.265. The summed E-state index contributed by atoms with van der Waals surface area (Å²) in [7, 11) is 1.62. The van der Waals surface area contributed by atoms with Crippen LogP contribution in [0.1, 0.15) is 35.2 Å². The van der Waals surface area contributed by atoms with Gasteiger partial charge in [-0.25, -0.2) is 4.39 Å². The van der Waals surface area contributed by atoms with Crippen LogP contribution >= 0.6 is 0 Å². The summed E-state index contributed by atoms with van der Waals surface area (Å²) < 4.78 is 21.1. The minimum atomic E-state index is -1.32. The van der Waals surface area contributed by atoms with E-state index in [1.807, 2.05) is 72.8 Å². The van der Waals surface area contributed by atoms with Gasteiger partial charge in [0.2, 0.25) is 5.91 Å². The SMILES string of the molecule is COc1ccc(CNC(CC(F)N2CCC3(CC2)C(=O)NCN3c2ccccc2)C(=O)c2ccccc2)cc1. The van der Waals surface area contributed by atoms with Crippen LogP contribution in [0.4, 0.5) is 10.1 Å². The lowest BCUT2D eigenvalue weighted by Gasteiger charge is -2.44. The lowest BCUT2D eigenvalue weighted by Crippen LogP contribution is -2.58. The lowest BCUT2D eigenvalue weighted by molar-refractivity contribution is -0.125. The molecule has 3 aromatic rings. The predicted molar refractivity (Wildman–Crippen MR) is 149 cm³/mol. The van der Waals surface area contributed by atoms with Gasteiger partial charge in [0.25, 0.3) is 0 Å². The van der Waals surface area contributed by atoms with Crippen molar-refractivity contribution in [3.63, 3.8) is 0 Å². The van der Waals surface area contributed by atoms with Crippen molar-refractivity contribution < 1.29 is 18.7 Å². The molecule has 2 aliphatic heterocycles. The van der Waals surface area contributed by atoms with E-state index >= 15 is 4.39 Å². The number of benzene rings is 3. The van der Waals surface area contributed by atoms with E-state index in [0.29, 0.717) is 44.7 Å². The predicted octanol–water partition coefficient (Wildman–Crippen LogP) is 4.15. The fourth-order valence-corrected chi connectivity index (χ4v) is 5.62. The maximum Gasteiger partial charge on any atom is 0.247 e. The molecule has 0 aromatic heterocycles. The number of halogens is 1. The number of amides is 1. The molecule has 2 heterocycles. The summed E-state index contributed by atoms with van der Waals surface area (Å²) in [4.78, 5) is 30.2. The number of ether oxygens (including phenoxy) is 1. The van der Waals surface area contributed by atoms with Crippen molar-refractivity contribution in [1.29, 1.82) is 0 Å². The van der Waals surface area contributed by atoms with Crippen molar-refractivity contribution in [2.75, 3.05) is 31.8 Å². The molecule has 8 heteroatoms. The molecule has 1 amide bonds. The number of Topliss-reactive ketones (excluding diaryl/α,β-unsaturated/α-hetero) is 1. The number of nitrogens with zero attached hydrogens (tertiary/aromatic N) is 2. The summed E-state index contributed by atoms with van der Waals surface area (Å²) in [5.41, 5.74) is 1.84. The summed E-state index contributed by atoms with van der Waals surface area (Å²) >= 11 is 0. The van der Waals surface area contributed by atoms with Crippen LogP contribution in [0.5, 0.6) is 5.75 Å². The van der Waals surface area contributed by atoms with E-state index in [1.54, 1.807) is 24.1 Å². The maximum atomic E-state index is 15.8. The van der Waals surface area contributed by atoms with Gasteiger partial charge in [0, 0.05) is 37.3 Å². The van der Waals surface area contributed by atoms with Gasteiger partial charge in [-0.2, -0.15) is 0 Å². The van der Waals surface area contributed by atoms with Crippen molar-refractivity contribution in [2.24, 2.45) is 0 Å². The third-order valence-electron chi connectivity index (χ3n) is 7.94. The van der Waals surface area contributed by atoms with E-state index in [0.717, 1.165) is 17.0 Å². The van der Waals surface area contributed by atoms with Crippen molar-refractivity contribution in [2.45, 2.75) is 43.7 Å². The number of ketones is 1. The van der Waals surface area contributed by atoms with Crippen LogP contribution in [0.2, 0.25) is 0 Å². The number of anilines is 1. The van der Waals surface area contributed by atoms with Crippen molar-refractivity contribution >= 4 is 17.4 Å². The van der Waals surface area contributed by atoms with Gasteiger partial charge in [-0.15, -0.1) is 0 Å². The second-order valence-electron chi connectivity index (χ2n) is 10.2. The summed E-state index contributed by atoms with van der Waals surface area (Å²) in [5.74, 6) is 0.620. The number of hydrogen-bond acceptors (Lipinski definition) is 6. The summed E-state index contributed by atoms with van der Waals surface area (Å²) in [6.45, 7) is 1.74. The highest BCUT2D eigenvalue weighted by atomic mass is 19.1. The Kier molecular flexibility index (Phi) is 8.24. The fourth-order valence-electron chi connectivity index (χ4n) is 5.62. The number of likely N-dealkylation sites (tertiary alicyclic amines) is 1. The largest absolute Gasteiger partial charge is 0.497 e. The molecular formula is C31H35FN4O3. The first-order valence-corrected chi connectivity index (χ1v) is 13.4. The molecule has 2 aliphatic rings. The van der Waals surface area contributed by atoms with E-state index in [2.05, 4.69) is 15.5 Å². The number of methoxy groups -OCH3 is 1. The molecule has 7 nitrogen and oxygen atoms in total. The Hall–Kier alpha value is -3.75. The third-order valence-corrected chi connectivity index (χ3v) is 7.94. The molecule has 2 unspecified atom stereocenters. The molecule has 0 radical (unpaired) electrons. The highest BCUT2D eigenvalue weighted by molar-refractivity contribution is 6.00. The standard InChI is InChI=1S/C31H35FN4O3/c1-39-26-14-12-23(13-15-26)21-33-27(29(37)24-8-4-2-5-9-24)20-28(32)35-18-16-31(17-19-35)30(38)34-22-36(31)25-10-6-3-7-11-25/h2-15,27-28,33H,16-22H2,1H3,(H,34,38). The summed E-state index contributed by atoms with van der Waals surface area (Å²) in [6, 6.07) is 25.8. The minimum absolute atomic E-state index is 0.000276. The van der Waals surface area contributed by atoms with Crippen LogP contribution in [0.3, 0.4) is 0 Å². The minimum Gasteiger partial charge on any atom is -0.497 e. The van der Waals surface area contributed by atoms with Gasteiger partial charge in [0.15, 0.2) is 12.1 Å². The second-order valence-corrected chi connectivity index (χ2v) is 10.2. The average Bonchev–Trinajstić information content (AvgIpc) is 3.30. The zero-order chi connectivity index (χ0) is 27.2. The molecule has 0 aliphatic carbocycles. The summed E-state index contributed by atoms with van der Waals surface area (Å²) in [5, 5.41) is 6.29. The zero-order valence-corrected chi connectivity index (χ0v) is 22.2. The number of carbonyl (C=O) groups is 2. The van der Waals surface area contributed by atoms with E-state index in [4.69, 9.17) is 4.74 Å². The van der Waals surface area contributed by atoms with Gasteiger partial charge in [0.1, 0.15) is 11.3 Å². The normalized spacial score (nSPS) is 18.5. The molecule has 2 N–H and O–H groups in total. The topological polar surface area (TPSA) is 73.9 Å². The van der Waals surface area contributed by atoms with Crippen LogP contribution in [-0.4, -0.2) is 61.3 Å². The first kappa shape index (κ1) is 26.8. The molecule has 2 fully saturated rings. The van der Waals surface area contributed by atoms with Gasteiger partial charge in [-0.05, 0) is 42.7 Å². The van der Waals surface area contributed by atoms with Crippen LogP contribution < -0.4 is 20.3 Å². The lowest BCUT2D eigenvalue weighted by atomic mass is 9.85. The van der Waals surface area contributed by atoms with Gasteiger partial charge >= 0.3 is 0 Å². The second kappa shape index (κ2) is 12.0. The Labute approximate surface area is 228 Å². The van der Waals surface area contributed by atoms with E-state index in [9.17, 15) is 9.59 Å². The van der Waals surface area contributed by atoms with Gasteiger partial charge in [-0.1, -0.05) is 60.7 Å². The fraction of sp³-hybridized carbons (Fsp3) is 0.355. The smallest absolute Gasteiger partial charge is 0.247 e. The Morgan fingerprint density at radius 3 is 2.28 bits per heavy atom. The maximum absolute atomic E-state index is 15.8. The Bertz CT molecular complexity index is 1250. The highest BCUT2D eigenvalue weighted by Crippen LogP contribution is 2.37. The van der Waals surface area contributed by atoms with Gasteiger partial charge in [-0.3, -0.25) is 14.5 Å².